The average Bonchev–Trinajstić information content (AvgIpc) is 2.04. The van der Waals surface area contributed by atoms with Crippen molar-refractivity contribution in [2.75, 3.05) is 0 Å². The van der Waals surface area contributed by atoms with Crippen molar-refractivity contribution in [3.63, 3.8) is 0 Å². The summed E-state index contributed by atoms with van der Waals surface area (Å²) in [5.74, 6) is 0.296. The molecule has 0 fully saturated rings. The normalized spacial score (nSPS) is 17.2. The van der Waals surface area contributed by atoms with E-state index in [-0.39, 0.29) is 5.91 Å². The van der Waals surface area contributed by atoms with E-state index in [2.05, 4.69) is 13.8 Å². The Labute approximate surface area is 73.1 Å². The molecule has 0 saturated heterocycles. The van der Waals surface area contributed by atoms with Gasteiger partial charge in [-0.3, -0.25) is 4.79 Å². The summed E-state index contributed by atoms with van der Waals surface area (Å²) >= 11 is 0. The molecule has 0 bridgehead atoms. The second-order valence-electron chi connectivity index (χ2n) is 3.45. The van der Waals surface area contributed by atoms with Crippen LogP contribution >= 0.6 is 0 Å². The first-order valence-electron chi connectivity index (χ1n) is 4.30. The van der Waals surface area contributed by atoms with Crippen LogP contribution in [0.5, 0.6) is 0 Å². The molecule has 0 heterocycles. The Kier molecular flexibility index (Phi) is 2.69. The van der Waals surface area contributed by atoms with Crippen molar-refractivity contribution in [2.45, 2.75) is 26.7 Å². The van der Waals surface area contributed by atoms with Crippen molar-refractivity contribution in [1.82, 2.24) is 0 Å². The van der Waals surface area contributed by atoms with Gasteiger partial charge in [0.05, 0.1) is 0 Å². The zero-order valence-electron chi connectivity index (χ0n) is 7.63. The van der Waals surface area contributed by atoms with Crippen LogP contribution in [0.4, 0.5) is 0 Å². The summed E-state index contributed by atoms with van der Waals surface area (Å²) in [6.07, 6.45) is 5.65. The van der Waals surface area contributed by atoms with Gasteiger partial charge in [0.25, 0.3) is 0 Å². The second kappa shape index (κ2) is 3.57. The molecule has 0 aromatic rings. The van der Waals surface area contributed by atoms with E-state index in [9.17, 15) is 4.79 Å². The summed E-state index contributed by atoms with van der Waals surface area (Å²) in [6.45, 7) is 4.32. The van der Waals surface area contributed by atoms with Gasteiger partial charge >= 0.3 is 0 Å². The van der Waals surface area contributed by atoms with Crippen LogP contribution in [-0.2, 0) is 4.79 Å². The Hall–Kier alpha value is -1.05. The van der Waals surface area contributed by atoms with Crippen LogP contribution in [0, 0.1) is 5.92 Å². The highest BCUT2D eigenvalue weighted by atomic mass is 16.1. The fourth-order valence-corrected chi connectivity index (χ4v) is 1.34. The van der Waals surface area contributed by atoms with Gasteiger partial charge in [-0.15, -0.1) is 0 Å². The fraction of sp³-hybridized carbons (Fsp3) is 0.500. The quantitative estimate of drug-likeness (QED) is 0.665. The van der Waals surface area contributed by atoms with E-state index in [1.54, 1.807) is 0 Å². The van der Waals surface area contributed by atoms with Crippen molar-refractivity contribution in [1.29, 1.82) is 0 Å². The zero-order chi connectivity index (χ0) is 9.14. The molecule has 0 saturated carbocycles. The molecular weight excluding hydrogens is 150 g/mol. The summed E-state index contributed by atoms with van der Waals surface area (Å²) in [7, 11) is 0. The third-order valence-corrected chi connectivity index (χ3v) is 2.24. The Bertz CT molecular complexity index is 249. The van der Waals surface area contributed by atoms with Crippen molar-refractivity contribution < 1.29 is 4.79 Å². The van der Waals surface area contributed by atoms with Crippen molar-refractivity contribution in [3.8, 4) is 0 Å². The third kappa shape index (κ3) is 1.97. The highest BCUT2D eigenvalue weighted by Gasteiger charge is 2.11. The van der Waals surface area contributed by atoms with Crippen molar-refractivity contribution in [2.24, 2.45) is 11.7 Å². The first-order valence-corrected chi connectivity index (χ1v) is 4.30. The monoisotopic (exact) mass is 165 g/mol. The number of allylic oxidation sites excluding steroid dienone is 3. The summed E-state index contributed by atoms with van der Waals surface area (Å²) < 4.78 is 0. The van der Waals surface area contributed by atoms with Gasteiger partial charge in [0.1, 0.15) is 0 Å². The largest absolute Gasteiger partial charge is 0.366 e. The first-order chi connectivity index (χ1) is 5.61. The van der Waals surface area contributed by atoms with E-state index >= 15 is 0 Å². The highest BCUT2D eigenvalue weighted by Crippen LogP contribution is 2.23. The minimum atomic E-state index is -0.283. The van der Waals surface area contributed by atoms with Crippen LogP contribution in [0.3, 0.4) is 0 Å². The van der Waals surface area contributed by atoms with Gasteiger partial charge in [0.15, 0.2) is 0 Å². The Morgan fingerprint density at radius 2 is 2.08 bits per heavy atom. The van der Waals surface area contributed by atoms with Gasteiger partial charge in [-0.05, 0) is 18.8 Å². The van der Waals surface area contributed by atoms with Crippen LogP contribution < -0.4 is 5.73 Å². The molecule has 1 rings (SSSR count). The number of hydrogen-bond donors (Lipinski definition) is 1. The molecule has 1 aliphatic rings. The zero-order valence-corrected chi connectivity index (χ0v) is 7.63. The molecule has 1 aliphatic carbocycles. The van der Waals surface area contributed by atoms with Crippen LogP contribution in [0.25, 0.3) is 0 Å². The summed E-state index contributed by atoms with van der Waals surface area (Å²) in [5.41, 5.74) is 7.30. The first kappa shape index (κ1) is 9.04. The summed E-state index contributed by atoms with van der Waals surface area (Å²) in [4.78, 5) is 10.8. The molecule has 66 valence electrons. The van der Waals surface area contributed by atoms with Crippen LogP contribution in [-0.4, -0.2) is 5.91 Å². The van der Waals surface area contributed by atoms with Crippen molar-refractivity contribution >= 4 is 5.91 Å². The Balaban J connectivity index is 2.73. The van der Waals surface area contributed by atoms with Gasteiger partial charge in [-0.2, -0.15) is 0 Å². The maximum absolute atomic E-state index is 10.8. The van der Waals surface area contributed by atoms with Crippen LogP contribution in [0.2, 0.25) is 0 Å². The van der Waals surface area contributed by atoms with E-state index < -0.39 is 0 Å². The molecule has 2 N–H and O–H groups in total. The standard InChI is InChI=1S/C10H15NO/c1-7(2)8-3-5-9(6-4-8)10(11)12/h3,5,7H,4,6H2,1-2H3,(H2,11,12). The maximum Gasteiger partial charge on any atom is 0.244 e. The lowest BCUT2D eigenvalue weighted by Gasteiger charge is -2.15. The predicted molar refractivity (Wildman–Crippen MR) is 49.4 cm³/mol. The summed E-state index contributed by atoms with van der Waals surface area (Å²) in [6, 6.07) is 0. The second-order valence-corrected chi connectivity index (χ2v) is 3.45. The van der Waals surface area contributed by atoms with E-state index in [0.717, 1.165) is 18.4 Å². The minimum absolute atomic E-state index is 0.283. The molecule has 2 nitrogen and oxygen atoms in total. The van der Waals surface area contributed by atoms with Gasteiger partial charge in [0, 0.05) is 5.57 Å². The molecule has 0 aliphatic heterocycles. The van der Waals surface area contributed by atoms with E-state index in [4.69, 9.17) is 5.73 Å². The minimum Gasteiger partial charge on any atom is -0.366 e. The highest BCUT2D eigenvalue weighted by molar-refractivity contribution is 5.92. The maximum atomic E-state index is 10.8. The molecule has 0 spiro atoms. The number of carbonyl (C=O) groups is 1. The lowest BCUT2D eigenvalue weighted by Crippen LogP contribution is -2.15. The number of primary amides is 1. The van der Waals surface area contributed by atoms with Crippen LogP contribution in [0.15, 0.2) is 23.3 Å². The molecule has 1 amide bonds. The van der Waals surface area contributed by atoms with Gasteiger partial charge in [0.2, 0.25) is 5.91 Å². The SMILES string of the molecule is CC(C)C1=CC=C(C(N)=O)CC1. The van der Waals surface area contributed by atoms with Crippen LogP contribution in [0.1, 0.15) is 26.7 Å². The number of nitrogens with two attached hydrogens (primary N) is 1. The summed E-state index contributed by atoms with van der Waals surface area (Å²) in [5, 5.41) is 0. The van der Waals surface area contributed by atoms with Gasteiger partial charge in [-0.1, -0.05) is 31.6 Å². The molecule has 0 atom stereocenters. The molecule has 2 heteroatoms. The lowest BCUT2D eigenvalue weighted by molar-refractivity contribution is -0.114. The Morgan fingerprint density at radius 1 is 1.42 bits per heavy atom. The van der Waals surface area contributed by atoms with E-state index in [0.29, 0.717) is 5.92 Å². The molecule has 0 aromatic carbocycles. The molecular formula is C10H15NO. The smallest absolute Gasteiger partial charge is 0.244 e. The predicted octanol–water partition coefficient (Wildman–Crippen LogP) is 1.77. The number of carbonyl (C=O) groups excluding carboxylic acids is 1. The van der Waals surface area contributed by atoms with Crippen molar-refractivity contribution in [3.05, 3.63) is 23.3 Å². The van der Waals surface area contributed by atoms with E-state index in [1.807, 2.05) is 12.2 Å². The number of rotatable bonds is 2. The molecule has 0 radical (unpaired) electrons. The van der Waals surface area contributed by atoms with Gasteiger partial charge in [-0.25, -0.2) is 0 Å². The third-order valence-electron chi connectivity index (χ3n) is 2.24. The molecule has 12 heavy (non-hydrogen) atoms. The topological polar surface area (TPSA) is 43.1 Å². The Morgan fingerprint density at radius 3 is 2.42 bits per heavy atom. The van der Waals surface area contributed by atoms with E-state index in [1.165, 1.54) is 5.57 Å². The number of amides is 1. The number of hydrogen-bond acceptors (Lipinski definition) is 1. The fourth-order valence-electron chi connectivity index (χ4n) is 1.34. The molecule has 0 unspecified atom stereocenters. The van der Waals surface area contributed by atoms with Gasteiger partial charge < -0.3 is 5.73 Å². The average molecular weight is 165 g/mol. The molecule has 0 aromatic heterocycles. The lowest BCUT2D eigenvalue weighted by atomic mass is 9.91.